The molecule has 2 aromatic rings. The number of nitrogens with zero attached hydrogens (tertiary/aromatic N) is 1. The van der Waals surface area contributed by atoms with Gasteiger partial charge in [-0.15, -0.1) is 0 Å². The summed E-state index contributed by atoms with van der Waals surface area (Å²) in [4.78, 5) is 21.3. The SMILES string of the molecule is CC(=O)Cc1ccc(-c2cc(Cl)c([N+](=O)[O-])cc2C)o1. The van der Waals surface area contributed by atoms with Crippen LogP contribution in [0.1, 0.15) is 18.2 Å². The molecule has 2 rings (SSSR count). The largest absolute Gasteiger partial charge is 0.461 e. The van der Waals surface area contributed by atoms with Crippen molar-refractivity contribution >= 4 is 23.1 Å². The predicted octanol–water partition coefficient (Wildman–Crippen LogP) is 3.95. The van der Waals surface area contributed by atoms with Crippen LogP contribution in [0.2, 0.25) is 5.02 Å². The van der Waals surface area contributed by atoms with E-state index in [-0.39, 0.29) is 22.9 Å². The Labute approximate surface area is 120 Å². The molecule has 0 aliphatic heterocycles. The first-order valence-electron chi connectivity index (χ1n) is 5.91. The molecule has 0 aliphatic rings. The van der Waals surface area contributed by atoms with Crippen LogP contribution in [-0.4, -0.2) is 10.7 Å². The molecule has 0 bridgehead atoms. The Morgan fingerprint density at radius 1 is 1.40 bits per heavy atom. The molecule has 1 aromatic heterocycles. The number of benzene rings is 1. The van der Waals surface area contributed by atoms with Gasteiger partial charge in [0.1, 0.15) is 22.3 Å². The average Bonchev–Trinajstić information content (AvgIpc) is 2.78. The Hall–Kier alpha value is -2.14. The minimum atomic E-state index is -0.525. The molecule has 0 fully saturated rings. The summed E-state index contributed by atoms with van der Waals surface area (Å²) >= 11 is 5.90. The van der Waals surface area contributed by atoms with Gasteiger partial charge in [0.2, 0.25) is 0 Å². The van der Waals surface area contributed by atoms with Crippen molar-refractivity contribution in [2.75, 3.05) is 0 Å². The molecule has 5 nitrogen and oxygen atoms in total. The number of hydrogen-bond acceptors (Lipinski definition) is 4. The van der Waals surface area contributed by atoms with Crippen LogP contribution in [0.3, 0.4) is 0 Å². The van der Waals surface area contributed by atoms with Crippen molar-refractivity contribution in [3.8, 4) is 11.3 Å². The standard InChI is InChI=1S/C14H12ClNO4/c1-8-5-13(16(18)19)12(15)7-11(8)14-4-3-10(20-14)6-9(2)17/h3-5,7H,6H2,1-2H3. The van der Waals surface area contributed by atoms with E-state index in [0.29, 0.717) is 22.6 Å². The number of rotatable bonds is 4. The lowest BCUT2D eigenvalue weighted by molar-refractivity contribution is -0.384. The van der Waals surface area contributed by atoms with Crippen LogP contribution in [-0.2, 0) is 11.2 Å². The molecule has 0 unspecified atom stereocenters. The quantitative estimate of drug-likeness (QED) is 0.632. The van der Waals surface area contributed by atoms with Gasteiger partial charge in [-0.25, -0.2) is 0 Å². The molecule has 1 heterocycles. The fourth-order valence-corrected chi connectivity index (χ4v) is 2.17. The highest BCUT2D eigenvalue weighted by Crippen LogP contribution is 2.34. The number of carbonyl (C=O) groups excluding carboxylic acids is 1. The first kappa shape index (κ1) is 14.3. The lowest BCUT2D eigenvalue weighted by Gasteiger charge is -2.04. The van der Waals surface area contributed by atoms with Gasteiger partial charge in [0, 0.05) is 11.6 Å². The topological polar surface area (TPSA) is 73.3 Å². The molecule has 0 saturated heterocycles. The Kier molecular flexibility index (Phi) is 3.90. The highest BCUT2D eigenvalue weighted by molar-refractivity contribution is 6.33. The van der Waals surface area contributed by atoms with Crippen LogP contribution in [0.15, 0.2) is 28.7 Å². The second-order valence-electron chi connectivity index (χ2n) is 4.52. The van der Waals surface area contributed by atoms with E-state index in [4.69, 9.17) is 16.0 Å². The van der Waals surface area contributed by atoms with Crippen LogP contribution < -0.4 is 0 Å². The highest BCUT2D eigenvalue weighted by Gasteiger charge is 2.17. The van der Waals surface area contributed by atoms with Gasteiger partial charge in [-0.2, -0.15) is 0 Å². The predicted molar refractivity (Wildman–Crippen MR) is 74.9 cm³/mol. The van der Waals surface area contributed by atoms with Gasteiger partial charge in [0.15, 0.2) is 0 Å². The summed E-state index contributed by atoms with van der Waals surface area (Å²) in [6.07, 6.45) is 0.222. The number of halogens is 1. The number of nitro benzene ring substituents is 1. The zero-order chi connectivity index (χ0) is 14.9. The summed E-state index contributed by atoms with van der Waals surface area (Å²) in [5.41, 5.74) is 1.23. The summed E-state index contributed by atoms with van der Waals surface area (Å²) < 4.78 is 5.57. The van der Waals surface area contributed by atoms with E-state index < -0.39 is 4.92 Å². The van der Waals surface area contributed by atoms with Crippen molar-refractivity contribution in [1.82, 2.24) is 0 Å². The maximum absolute atomic E-state index is 11.0. The van der Waals surface area contributed by atoms with Gasteiger partial charge < -0.3 is 4.42 Å². The first-order valence-corrected chi connectivity index (χ1v) is 6.29. The van der Waals surface area contributed by atoms with Crippen molar-refractivity contribution in [2.24, 2.45) is 0 Å². The van der Waals surface area contributed by atoms with Gasteiger partial charge in [0.05, 0.1) is 11.3 Å². The molecule has 0 aliphatic carbocycles. The maximum atomic E-state index is 11.0. The Bertz CT molecular complexity index is 690. The van der Waals surface area contributed by atoms with E-state index in [1.165, 1.54) is 19.1 Å². The normalized spacial score (nSPS) is 10.6. The molecule has 1 aromatic carbocycles. The van der Waals surface area contributed by atoms with Gasteiger partial charge >= 0.3 is 0 Å². The van der Waals surface area contributed by atoms with E-state index >= 15 is 0 Å². The second-order valence-corrected chi connectivity index (χ2v) is 4.93. The lowest BCUT2D eigenvalue weighted by atomic mass is 10.1. The van der Waals surface area contributed by atoms with Crippen molar-refractivity contribution in [2.45, 2.75) is 20.3 Å². The molecular weight excluding hydrogens is 282 g/mol. The zero-order valence-corrected chi connectivity index (χ0v) is 11.7. The second kappa shape index (κ2) is 5.46. The first-order chi connectivity index (χ1) is 9.38. The van der Waals surface area contributed by atoms with Crippen LogP contribution in [0.5, 0.6) is 0 Å². The Morgan fingerprint density at radius 3 is 2.70 bits per heavy atom. The molecule has 0 amide bonds. The smallest absolute Gasteiger partial charge is 0.288 e. The van der Waals surface area contributed by atoms with E-state index in [0.717, 1.165) is 0 Å². The van der Waals surface area contributed by atoms with Crippen LogP contribution >= 0.6 is 11.6 Å². The van der Waals surface area contributed by atoms with Crippen LogP contribution in [0.4, 0.5) is 5.69 Å². The van der Waals surface area contributed by atoms with Crippen molar-refractivity contribution in [3.05, 3.63) is 50.7 Å². The molecule has 0 radical (unpaired) electrons. The fourth-order valence-electron chi connectivity index (χ4n) is 1.93. The number of Topliss-reactive ketones (excluding diaryl/α,β-unsaturated/α-hetero) is 1. The molecule has 20 heavy (non-hydrogen) atoms. The van der Waals surface area contributed by atoms with Gasteiger partial charge in [-0.05, 0) is 37.6 Å². The summed E-state index contributed by atoms with van der Waals surface area (Å²) in [5.74, 6) is 1.10. The van der Waals surface area contributed by atoms with Crippen molar-refractivity contribution < 1.29 is 14.1 Å². The van der Waals surface area contributed by atoms with Crippen molar-refractivity contribution in [3.63, 3.8) is 0 Å². The third-order valence-electron chi connectivity index (χ3n) is 2.84. The van der Waals surface area contributed by atoms with Crippen molar-refractivity contribution in [1.29, 1.82) is 0 Å². The number of furan rings is 1. The Balaban J connectivity index is 2.43. The number of aryl methyl sites for hydroxylation is 1. The minimum Gasteiger partial charge on any atom is -0.461 e. The maximum Gasteiger partial charge on any atom is 0.288 e. The number of ketones is 1. The third-order valence-corrected chi connectivity index (χ3v) is 3.14. The third kappa shape index (κ3) is 2.88. The van der Waals surface area contributed by atoms with Gasteiger partial charge in [-0.3, -0.25) is 14.9 Å². The Morgan fingerprint density at radius 2 is 2.10 bits per heavy atom. The molecule has 6 heteroatoms. The van der Waals surface area contributed by atoms with E-state index in [9.17, 15) is 14.9 Å². The molecule has 0 N–H and O–H groups in total. The summed E-state index contributed by atoms with van der Waals surface area (Å²) in [5, 5.41) is 10.9. The van der Waals surface area contributed by atoms with Crippen LogP contribution in [0.25, 0.3) is 11.3 Å². The monoisotopic (exact) mass is 293 g/mol. The summed E-state index contributed by atoms with van der Waals surface area (Å²) in [7, 11) is 0. The average molecular weight is 294 g/mol. The summed E-state index contributed by atoms with van der Waals surface area (Å²) in [6, 6.07) is 6.35. The van der Waals surface area contributed by atoms with Gasteiger partial charge in [0.25, 0.3) is 5.69 Å². The summed E-state index contributed by atoms with van der Waals surface area (Å²) in [6.45, 7) is 3.22. The zero-order valence-electron chi connectivity index (χ0n) is 11.0. The molecular formula is C14H12ClNO4. The number of hydrogen-bond donors (Lipinski definition) is 0. The fraction of sp³-hybridized carbons (Fsp3) is 0.214. The molecule has 0 atom stereocenters. The molecule has 0 saturated carbocycles. The van der Waals surface area contributed by atoms with Crippen LogP contribution in [0, 0.1) is 17.0 Å². The lowest BCUT2D eigenvalue weighted by Crippen LogP contribution is -1.94. The highest BCUT2D eigenvalue weighted by atomic mass is 35.5. The minimum absolute atomic E-state index is 0.00403. The van der Waals surface area contributed by atoms with E-state index in [1.54, 1.807) is 19.1 Å². The van der Waals surface area contributed by atoms with Gasteiger partial charge in [-0.1, -0.05) is 11.6 Å². The van der Waals surface area contributed by atoms with E-state index in [2.05, 4.69) is 0 Å². The number of nitro groups is 1. The molecule has 104 valence electrons. The van der Waals surface area contributed by atoms with E-state index in [1.807, 2.05) is 0 Å². The molecule has 0 spiro atoms. The number of carbonyl (C=O) groups is 1.